The Bertz CT molecular complexity index is 508. The summed E-state index contributed by atoms with van der Waals surface area (Å²) in [5.74, 6) is 0.594. The number of hydrogen-bond acceptors (Lipinski definition) is 1. The Balaban J connectivity index is 2.05. The predicted octanol–water partition coefficient (Wildman–Crippen LogP) is 4.98. The first-order valence-corrected chi connectivity index (χ1v) is 7.60. The molecule has 2 aromatic carbocycles. The van der Waals surface area contributed by atoms with E-state index in [-0.39, 0.29) is 0 Å². The summed E-state index contributed by atoms with van der Waals surface area (Å²) in [5, 5.41) is 3.43. The Morgan fingerprint density at radius 3 is 1.90 bits per heavy atom. The molecule has 106 valence electrons. The van der Waals surface area contributed by atoms with Crippen LogP contribution in [0.3, 0.4) is 0 Å². The van der Waals surface area contributed by atoms with Gasteiger partial charge in [-0.3, -0.25) is 0 Å². The van der Waals surface area contributed by atoms with E-state index in [9.17, 15) is 0 Å². The summed E-state index contributed by atoms with van der Waals surface area (Å²) in [6.45, 7) is 8.69. The molecular formula is C19H25N. The lowest BCUT2D eigenvalue weighted by molar-refractivity contribution is 0.675. The van der Waals surface area contributed by atoms with Crippen LogP contribution in [0.5, 0.6) is 0 Å². The van der Waals surface area contributed by atoms with Gasteiger partial charge in [0.05, 0.1) is 0 Å². The molecular weight excluding hydrogens is 242 g/mol. The van der Waals surface area contributed by atoms with Crippen LogP contribution in [0, 0.1) is 0 Å². The van der Waals surface area contributed by atoms with E-state index in [0.29, 0.717) is 5.92 Å². The first kappa shape index (κ1) is 14.8. The maximum absolute atomic E-state index is 3.43. The van der Waals surface area contributed by atoms with Crippen molar-refractivity contribution in [3.63, 3.8) is 0 Å². The minimum Gasteiger partial charge on any atom is -0.313 e. The molecule has 0 atom stereocenters. The highest BCUT2D eigenvalue weighted by atomic mass is 14.8. The SMILES string of the molecule is CCCNCc1ccc(-c2ccc(C(C)C)cc2)cc1. The third kappa shape index (κ3) is 3.94. The highest BCUT2D eigenvalue weighted by Crippen LogP contribution is 2.23. The van der Waals surface area contributed by atoms with Crippen LogP contribution in [0.2, 0.25) is 0 Å². The number of rotatable bonds is 6. The normalized spacial score (nSPS) is 11.0. The third-order valence-corrected chi connectivity index (χ3v) is 3.62. The quantitative estimate of drug-likeness (QED) is 0.728. The van der Waals surface area contributed by atoms with Gasteiger partial charge in [-0.05, 0) is 41.1 Å². The maximum Gasteiger partial charge on any atom is 0.0205 e. The molecule has 0 unspecified atom stereocenters. The van der Waals surface area contributed by atoms with E-state index in [1.54, 1.807) is 0 Å². The summed E-state index contributed by atoms with van der Waals surface area (Å²) in [6, 6.07) is 17.8. The van der Waals surface area contributed by atoms with Crippen molar-refractivity contribution >= 4 is 0 Å². The predicted molar refractivity (Wildman–Crippen MR) is 88.0 cm³/mol. The highest BCUT2D eigenvalue weighted by molar-refractivity contribution is 5.64. The molecule has 0 aliphatic rings. The van der Waals surface area contributed by atoms with Gasteiger partial charge in [-0.2, -0.15) is 0 Å². The Kier molecular flexibility index (Phi) is 5.37. The lowest BCUT2D eigenvalue weighted by Crippen LogP contribution is -2.13. The maximum atomic E-state index is 3.43. The molecule has 0 saturated heterocycles. The zero-order valence-corrected chi connectivity index (χ0v) is 12.8. The summed E-state index contributed by atoms with van der Waals surface area (Å²) in [4.78, 5) is 0. The number of benzene rings is 2. The van der Waals surface area contributed by atoms with Crippen LogP contribution >= 0.6 is 0 Å². The van der Waals surface area contributed by atoms with Gasteiger partial charge in [0.2, 0.25) is 0 Å². The van der Waals surface area contributed by atoms with Gasteiger partial charge in [-0.1, -0.05) is 69.3 Å². The Hall–Kier alpha value is -1.60. The van der Waals surface area contributed by atoms with Crippen LogP contribution in [0.4, 0.5) is 0 Å². The topological polar surface area (TPSA) is 12.0 Å². The fourth-order valence-corrected chi connectivity index (χ4v) is 2.29. The van der Waals surface area contributed by atoms with E-state index >= 15 is 0 Å². The molecule has 0 saturated carbocycles. The molecule has 2 aromatic rings. The lowest BCUT2D eigenvalue weighted by atomic mass is 9.98. The molecule has 0 spiro atoms. The monoisotopic (exact) mass is 267 g/mol. The smallest absolute Gasteiger partial charge is 0.0205 e. The van der Waals surface area contributed by atoms with Crippen LogP contribution in [0.1, 0.15) is 44.2 Å². The molecule has 1 N–H and O–H groups in total. The second-order valence-electron chi connectivity index (χ2n) is 5.65. The molecule has 1 heteroatoms. The van der Waals surface area contributed by atoms with Crippen LogP contribution in [0.15, 0.2) is 48.5 Å². The van der Waals surface area contributed by atoms with Crippen molar-refractivity contribution in [3.05, 3.63) is 59.7 Å². The van der Waals surface area contributed by atoms with Gasteiger partial charge in [0, 0.05) is 6.54 Å². The average molecular weight is 267 g/mol. The van der Waals surface area contributed by atoms with Gasteiger partial charge in [0.1, 0.15) is 0 Å². The van der Waals surface area contributed by atoms with Crippen molar-refractivity contribution in [2.75, 3.05) is 6.54 Å². The molecule has 0 radical (unpaired) electrons. The fraction of sp³-hybridized carbons (Fsp3) is 0.368. The van der Waals surface area contributed by atoms with Crippen molar-refractivity contribution in [2.45, 2.75) is 39.7 Å². The van der Waals surface area contributed by atoms with E-state index in [1.807, 2.05) is 0 Å². The van der Waals surface area contributed by atoms with Gasteiger partial charge in [0.15, 0.2) is 0 Å². The van der Waals surface area contributed by atoms with E-state index in [2.05, 4.69) is 74.6 Å². The number of hydrogen-bond donors (Lipinski definition) is 1. The lowest BCUT2D eigenvalue weighted by Gasteiger charge is -2.08. The summed E-state index contributed by atoms with van der Waals surface area (Å²) >= 11 is 0. The second-order valence-corrected chi connectivity index (χ2v) is 5.65. The molecule has 0 bridgehead atoms. The van der Waals surface area contributed by atoms with Crippen LogP contribution in [-0.2, 0) is 6.54 Å². The van der Waals surface area contributed by atoms with Crippen LogP contribution in [0.25, 0.3) is 11.1 Å². The molecule has 0 fully saturated rings. The minimum atomic E-state index is 0.594. The minimum absolute atomic E-state index is 0.594. The summed E-state index contributed by atoms with van der Waals surface area (Å²) in [6.07, 6.45) is 1.18. The summed E-state index contributed by atoms with van der Waals surface area (Å²) < 4.78 is 0. The highest BCUT2D eigenvalue weighted by Gasteiger charge is 2.01. The summed E-state index contributed by atoms with van der Waals surface area (Å²) in [5.41, 5.74) is 5.33. The van der Waals surface area contributed by atoms with Gasteiger partial charge < -0.3 is 5.32 Å². The summed E-state index contributed by atoms with van der Waals surface area (Å²) in [7, 11) is 0. The van der Waals surface area contributed by atoms with E-state index in [4.69, 9.17) is 0 Å². The van der Waals surface area contributed by atoms with Gasteiger partial charge in [0.25, 0.3) is 0 Å². The number of nitrogens with one attached hydrogen (secondary N) is 1. The van der Waals surface area contributed by atoms with Crippen molar-refractivity contribution in [2.24, 2.45) is 0 Å². The van der Waals surface area contributed by atoms with Crippen molar-refractivity contribution in [1.29, 1.82) is 0 Å². The average Bonchev–Trinajstić information content (AvgIpc) is 2.48. The van der Waals surface area contributed by atoms with Gasteiger partial charge in [-0.25, -0.2) is 0 Å². The first-order valence-electron chi connectivity index (χ1n) is 7.60. The second kappa shape index (κ2) is 7.25. The standard InChI is InChI=1S/C19H25N/c1-4-13-20-14-16-5-7-18(8-6-16)19-11-9-17(10-12-19)15(2)3/h5-12,15,20H,4,13-14H2,1-3H3. The van der Waals surface area contributed by atoms with Crippen molar-refractivity contribution < 1.29 is 0 Å². The Morgan fingerprint density at radius 2 is 1.40 bits per heavy atom. The van der Waals surface area contributed by atoms with E-state index < -0.39 is 0 Å². The van der Waals surface area contributed by atoms with E-state index in [0.717, 1.165) is 13.1 Å². The molecule has 1 nitrogen and oxygen atoms in total. The van der Waals surface area contributed by atoms with Gasteiger partial charge >= 0.3 is 0 Å². The first-order chi connectivity index (χ1) is 9.70. The molecule has 0 aliphatic carbocycles. The molecule has 0 aromatic heterocycles. The van der Waals surface area contributed by atoms with Crippen molar-refractivity contribution in [1.82, 2.24) is 5.32 Å². The van der Waals surface area contributed by atoms with Crippen LogP contribution in [-0.4, -0.2) is 6.54 Å². The largest absolute Gasteiger partial charge is 0.313 e. The fourth-order valence-electron chi connectivity index (χ4n) is 2.29. The molecule has 0 aliphatic heterocycles. The Labute approximate surface area is 123 Å². The van der Waals surface area contributed by atoms with E-state index in [1.165, 1.54) is 28.7 Å². The zero-order valence-electron chi connectivity index (χ0n) is 12.8. The van der Waals surface area contributed by atoms with Gasteiger partial charge in [-0.15, -0.1) is 0 Å². The van der Waals surface area contributed by atoms with Crippen molar-refractivity contribution in [3.8, 4) is 11.1 Å². The molecule has 2 rings (SSSR count). The third-order valence-electron chi connectivity index (χ3n) is 3.62. The van der Waals surface area contributed by atoms with Crippen LogP contribution < -0.4 is 5.32 Å². The zero-order chi connectivity index (χ0) is 14.4. The molecule has 20 heavy (non-hydrogen) atoms. The Morgan fingerprint density at radius 1 is 0.850 bits per heavy atom. The molecule has 0 amide bonds. The molecule has 0 heterocycles.